The quantitative estimate of drug-likeness (QED) is 0.740. The molecule has 0 aliphatic carbocycles. The summed E-state index contributed by atoms with van der Waals surface area (Å²) < 4.78 is 10.4. The molecule has 0 spiro atoms. The van der Waals surface area contributed by atoms with Crippen LogP contribution in [0.4, 0.5) is 0 Å². The number of carbonyl (C=O) groups is 2. The van der Waals surface area contributed by atoms with Crippen molar-refractivity contribution in [1.82, 2.24) is 9.97 Å². The van der Waals surface area contributed by atoms with Gasteiger partial charge in [0, 0.05) is 28.2 Å². The normalized spacial score (nSPS) is 11.6. The van der Waals surface area contributed by atoms with Gasteiger partial charge in [0.1, 0.15) is 0 Å². The minimum atomic E-state index is -0.473. The summed E-state index contributed by atoms with van der Waals surface area (Å²) >= 11 is 0. The first-order valence-electron chi connectivity index (χ1n) is 9.31. The maximum Gasteiger partial charge on any atom is 0.340 e. The number of aromatic nitrogens is 2. The second kappa shape index (κ2) is 7.62. The molecule has 0 fully saturated rings. The fourth-order valence-electron chi connectivity index (χ4n) is 3.89. The van der Waals surface area contributed by atoms with Gasteiger partial charge in [-0.05, 0) is 66.5 Å². The summed E-state index contributed by atoms with van der Waals surface area (Å²) in [5, 5.41) is 0. The van der Waals surface area contributed by atoms with E-state index in [1.807, 2.05) is 27.7 Å². The third-order valence-electron chi connectivity index (χ3n) is 5.08. The lowest BCUT2D eigenvalue weighted by molar-refractivity contribution is 0.0515. The van der Waals surface area contributed by atoms with Crippen LogP contribution in [0.25, 0.3) is 0 Å². The van der Waals surface area contributed by atoms with E-state index in [9.17, 15) is 9.59 Å². The van der Waals surface area contributed by atoms with Gasteiger partial charge in [-0.2, -0.15) is 0 Å². The molecule has 0 aliphatic heterocycles. The summed E-state index contributed by atoms with van der Waals surface area (Å²) in [5.41, 5.74) is 5.80. The molecular weight excluding hydrogens is 344 g/mol. The Hall–Kier alpha value is -2.50. The van der Waals surface area contributed by atoms with Gasteiger partial charge in [0.15, 0.2) is 0 Å². The van der Waals surface area contributed by atoms with Crippen LogP contribution in [0.1, 0.15) is 82.3 Å². The zero-order valence-corrected chi connectivity index (χ0v) is 17.5. The molecule has 2 rings (SSSR count). The van der Waals surface area contributed by atoms with Crippen LogP contribution in [0.5, 0.6) is 0 Å². The third-order valence-corrected chi connectivity index (χ3v) is 5.08. The van der Waals surface area contributed by atoms with Crippen LogP contribution in [0.2, 0.25) is 0 Å². The molecule has 0 atom stereocenters. The first-order chi connectivity index (χ1) is 12.6. The van der Waals surface area contributed by atoms with E-state index in [0.29, 0.717) is 24.3 Å². The van der Waals surface area contributed by atoms with Crippen LogP contribution in [-0.4, -0.2) is 35.1 Å². The predicted molar refractivity (Wildman–Crippen MR) is 105 cm³/mol. The first-order valence-corrected chi connectivity index (χ1v) is 9.31. The molecular formula is C21H30N2O4. The van der Waals surface area contributed by atoms with E-state index in [4.69, 9.17) is 9.47 Å². The number of hydrogen-bond acceptors (Lipinski definition) is 4. The molecule has 6 nitrogen and oxygen atoms in total. The van der Waals surface area contributed by atoms with Gasteiger partial charge in [0.05, 0.1) is 24.3 Å². The molecule has 0 aliphatic rings. The number of aromatic amines is 2. The SMILES string of the molecule is CCOC(=O)c1c(C)[nH]c(C(C)(C)c2[nH]c(C)c(C(=O)OCC)c2C)c1C. The Balaban J connectivity index is 2.58. The number of carbonyl (C=O) groups excluding carboxylic acids is 2. The molecule has 148 valence electrons. The summed E-state index contributed by atoms with van der Waals surface area (Å²) in [6, 6.07) is 0. The molecule has 2 aromatic heterocycles. The highest BCUT2D eigenvalue weighted by molar-refractivity contribution is 5.94. The van der Waals surface area contributed by atoms with Crippen molar-refractivity contribution in [2.75, 3.05) is 13.2 Å². The van der Waals surface area contributed by atoms with Crippen molar-refractivity contribution in [2.45, 2.75) is 60.8 Å². The Morgan fingerprint density at radius 2 is 1.11 bits per heavy atom. The molecule has 0 saturated heterocycles. The van der Waals surface area contributed by atoms with Gasteiger partial charge in [-0.15, -0.1) is 0 Å². The van der Waals surface area contributed by atoms with Crippen molar-refractivity contribution in [2.24, 2.45) is 0 Å². The Kier molecular flexibility index (Phi) is 5.88. The van der Waals surface area contributed by atoms with E-state index in [1.54, 1.807) is 13.8 Å². The zero-order chi connectivity index (χ0) is 20.5. The van der Waals surface area contributed by atoms with Gasteiger partial charge in [-0.3, -0.25) is 0 Å². The van der Waals surface area contributed by atoms with Gasteiger partial charge >= 0.3 is 11.9 Å². The molecule has 2 N–H and O–H groups in total. The predicted octanol–water partition coefficient (Wildman–Crippen LogP) is 4.26. The maximum absolute atomic E-state index is 12.3. The number of ether oxygens (including phenoxy) is 2. The standard InChI is InChI=1S/C21H30N2O4/c1-9-26-19(24)15-11(3)17(22-13(15)5)21(7,8)18-12(4)16(14(6)23-18)20(25)27-10-2/h22-23H,9-10H2,1-8H3. The highest BCUT2D eigenvalue weighted by atomic mass is 16.5. The van der Waals surface area contributed by atoms with Gasteiger partial charge in [-0.1, -0.05) is 0 Å². The molecule has 0 unspecified atom stereocenters. The van der Waals surface area contributed by atoms with Crippen molar-refractivity contribution in [1.29, 1.82) is 0 Å². The Labute approximate surface area is 160 Å². The molecule has 0 saturated carbocycles. The van der Waals surface area contributed by atoms with E-state index < -0.39 is 5.41 Å². The van der Waals surface area contributed by atoms with Crippen LogP contribution < -0.4 is 0 Å². The lowest BCUT2D eigenvalue weighted by Crippen LogP contribution is -2.23. The molecule has 0 radical (unpaired) electrons. The number of H-pyrrole nitrogens is 2. The van der Waals surface area contributed by atoms with E-state index in [1.165, 1.54) is 0 Å². The first kappa shape index (κ1) is 20.8. The smallest absolute Gasteiger partial charge is 0.340 e. The van der Waals surface area contributed by atoms with Gasteiger partial charge < -0.3 is 19.4 Å². The monoisotopic (exact) mass is 374 g/mol. The van der Waals surface area contributed by atoms with Crippen LogP contribution >= 0.6 is 0 Å². The van der Waals surface area contributed by atoms with Crippen molar-refractivity contribution in [3.63, 3.8) is 0 Å². The minimum Gasteiger partial charge on any atom is -0.462 e. The fourth-order valence-corrected chi connectivity index (χ4v) is 3.89. The second-order valence-electron chi connectivity index (χ2n) is 7.32. The molecule has 27 heavy (non-hydrogen) atoms. The summed E-state index contributed by atoms with van der Waals surface area (Å²) in [6.45, 7) is 16.0. The summed E-state index contributed by atoms with van der Waals surface area (Å²) in [6.07, 6.45) is 0. The third kappa shape index (κ3) is 3.53. The lowest BCUT2D eigenvalue weighted by Gasteiger charge is -2.25. The number of rotatable bonds is 6. The van der Waals surface area contributed by atoms with Crippen LogP contribution in [-0.2, 0) is 14.9 Å². The number of aryl methyl sites for hydroxylation is 2. The number of esters is 2. The molecule has 6 heteroatoms. The Bertz CT molecular complexity index is 801. The average molecular weight is 374 g/mol. The molecule has 0 aromatic carbocycles. The summed E-state index contributed by atoms with van der Waals surface area (Å²) in [5.74, 6) is -0.644. The Morgan fingerprint density at radius 1 is 0.778 bits per heavy atom. The van der Waals surface area contributed by atoms with E-state index in [-0.39, 0.29) is 11.9 Å². The van der Waals surface area contributed by atoms with Crippen molar-refractivity contribution in [3.8, 4) is 0 Å². The lowest BCUT2D eigenvalue weighted by atomic mass is 9.81. The van der Waals surface area contributed by atoms with Crippen LogP contribution in [0.15, 0.2) is 0 Å². The largest absolute Gasteiger partial charge is 0.462 e. The van der Waals surface area contributed by atoms with E-state index in [0.717, 1.165) is 33.9 Å². The Morgan fingerprint density at radius 3 is 1.41 bits per heavy atom. The van der Waals surface area contributed by atoms with E-state index >= 15 is 0 Å². The summed E-state index contributed by atoms with van der Waals surface area (Å²) in [7, 11) is 0. The van der Waals surface area contributed by atoms with Gasteiger partial charge in [0.25, 0.3) is 0 Å². The second-order valence-corrected chi connectivity index (χ2v) is 7.32. The molecule has 0 amide bonds. The van der Waals surface area contributed by atoms with Crippen LogP contribution in [0.3, 0.4) is 0 Å². The highest BCUT2D eigenvalue weighted by Gasteiger charge is 2.35. The minimum absolute atomic E-state index is 0.322. The van der Waals surface area contributed by atoms with Gasteiger partial charge in [-0.25, -0.2) is 9.59 Å². The topological polar surface area (TPSA) is 84.2 Å². The van der Waals surface area contributed by atoms with E-state index in [2.05, 4.69) is 23.8 Å². The fraction of sp³-hybridized carbons (Fsp3) is 0.524. The molecule has 2 aromatic rings. The molecule has 2 heterocycles. The van der Waals surface area contributed by atoms with Gasteiger partial charge in [0.2, 0.25) is 0 Å². The zero-order valence-electron chi connectivity index (χ0n) is 17.5. The average Bonchev–Trinajstić information content (AvgIpc) is 3.04. The molecule has 0 bridgehead atoms. The highest BCUT2D eigenvalue weighted by Crippen LogP contribution is 2.38. The van der Waals surface area contributed by atoms with Crippen molar-refractivity contribution in [3.05, 3.63) is 45.0 Å². The number of nitrogens with one attached hydrogen (secondary N) is 2. The number of hydrogen-bond donors (Lipinski definition) is 2. The van der Waals surface area contributed by atoms with Crippen molar-refractivity contribution >= 4 is 11.9 Å². The summed E-state index contributed by atoms with van der Waals surface area (Å²) in [4.78, 5) is 31.4. The van der Waals surface area contributed by atoms with Crippen molar-refractivity contribution < 1.29 is 19.1 Å². The van der Waals surface area contributed by atoms with Crippen LogP contribution in [0, 0.1) is 27.7 Å². The maximum atomic E-state index is 12.3.